The zero-order valence-electron chi connectivity index (χ0n) is 53.3. The third-order valence-electron chi connectivity index (χ3n) is 18.0. The Labute approximate surface area is 524 Å². The van der Waals surface area contributed by atoms with Crippen LogP contribution in [0.15, 0.2) is 126 Å². The molecule has 0 aromatic heterocycles. The number of aliphatic hydroxyl groups excluding tert-OH is 1. The van der Waals surface area contributed by atoms with Crippen molar-refractivity contribution < 1.29 is 74.5 Å². The molecule has 87 heavy (non-hydrogen) atoms. The van der Waals surface area contributed by atoms with Gasteiger partial charge in [0.15, 0.2) is 47.5 Å². The fourth-order valence-corrected chi connectivity index (χ4v) is 27.3. The molecule has 15 atom stereocenters. The number of benzene rings is 4. The molecule has 21 heteroatoms. The normalized spacial score (nSPS) is 29.1. The highest BCUT2D eigenvalue weighted by Gasteiger charge is 2.61. The maximum Gasteiger partial charge on any atom is 0.509 e. The summed E-state index contributed by atoms with van der Waals surface area (Å²) < 4.78 is 116. The lowest BCUT2D eigenvalue weighted by atomic mass is 9.95. The summed E-state index contributed by atoms with van der Waals surface area (Å²) in [7, 11) is -9.51. The molecule has 0 aliphatic carbocycles. The predicted octanol–water partition coefficient (Wildman–Crippen LogP) is 12.5. The number of fused-ring (bicyclic) bond motifs is 1. The smallest absolute Gasteiger partial charge is 0.424 e. The maximum atomic E-state index is 14.7. The number of aliphatic hydroxyl groups is 1. The molecule has 8 rings (SSSR count). The number of nitrogens with one attached hydrogen (secondary N) is 1. The average molecular weight is 1280 g/mol. The monoisotopic (exact) mass is 1280 g/mol. The van der Waals surface area contributed by atoms with Gasteiger partial charge < -0.3 is 61.3 Å². The fraction of sp³-hybridized carbons (Fsp3) is 0.621. The van der Waals surface area contributed by atoms with Gasteiger partial charge in [-0.3, -0.25) is 0 Å². The Morgan fingerprint density at radius 1 is 0.529 bits per heavy atom. The topological polar surface area (TPSA) is 194 Å². The van der Waals surface area contributed by atoms with E-state index in [0.29, 0.717) is 5.75 Å². The highest BCUT2D eigenvalue weighted by atomic mass is 32.2. The molecule has 482 valence electrons. The predicted molar refractivity (Wildman–Crippen MR) is 340 cm³/mol. The van der Waals surface area contributed by atoms with Gasteiger partial charge in [0.05, 0.1) is 50.1 Å². The van der Waals surface area contributed by atoms with Crippen LogP contribution in [0.1, 0.15) is 114 Å². The maximum absolute atomic E-state index is 14.7. The van der Waals surface area contributed by atoms with Gasteiger partial charge in [-0.05, 0) is 74.7 Å². The molecule has 0 saturated carbocycles. The highest BCUT2D eigenvalue weighted by molar-refractivity contribution is 7.99. The largest absolute Gasteiger partial charge is 0.509 e. The number of sulfonamides is 1. The van der Waals surface area contributed by atoms with Crippen LogP contribution in [0.3, 0.4) is 0 Å². The van der Waals surface area contributed by atoms with Crippen LogP contribution >= 0.6 is 11.8 Å². The lowest BCUT2D eigenvalue weighted by Crippen LogP contribution is -2.68. The molecule has 0 spiro atoms. The van der Waals surface area contributed by atoms with E-state index in [1.54, 1.807) is 18.2 Å². The quantitative estimate of drug-likeness (QED) is 0.0369. The van der Waals surface area contributed by atoms with Crippen LogP contribution in [0.25, 0.3) is 0 Å². The zero-order valence-corrected chi connectivity index (χ0v) is 56.9. The SMILES string of the molecule is CCS[C@@H]1OC(CO[Si](C(C)C)(C(C)C)C(C)C)[C@H](O)C(O[C@@H]2OC(CO[Si](C(C)C)(C(C)C)C(C)C)[C@@H]3OC(=O)OC3C2O[C@@H]2OC(C)[C@H](OCc3ccccc3)C(OCc3ccccc3)C2OCc2ccccc2)C1NS(=O)(=O)c1ccccc1. The molecule has 4 heterocycles. The van der Waals surface area contributed by atoms with Crippen molar-refractivity contribution >= 4 is 44.6 Å². The zero-order chi connectivity index (χ0) is 62.8. The van der Waals surface area contributed by atoms with E-state index in [1.807, 2.05) is 105 Å². The highest BCUT2D eigenvalue weighted by Crippen LogP contribution is 2.46. The molecule has 2 N–H and O–H groups in total. The molecule has 4 aliphatic rings. The van der Waals surface area contributed by atoms with Gasteiger partial charge in [-0.25, -0.2) is 17.9 Å². The lowest BCUT2D eigenvalue weighted by molar-refractivity contribution is -0.375. The second-order valence-electron chi connectivity index (χ2n) is 25.4. The van der Waals surface area contributed by atoms with E-state index in [4.69, 9.17) is 56.2 Å². The van der Waals surface area contributed by atoms with Crippen molar-refractivity contribution in [3.8, 4) is 0 Å². The minimum atomic E-state index is -4.31. The molecular weight excluding hydrogens is 1180 g/mol. The van der Waals surface area contributed by atoms with E-state index >= 15 is 0 Å². The number of rotatable bonds is 30. The number of hydrogen-bond donors (Lipinski definition) is 2. The molecule has 9 unspecified atom stereocenters. The minimum absolute atomic E-state index is 0.00276. The third-order valence-corrected chi connectivity index (χ3v) is 32.7. The third kappa shape index (κ3) is 16.2. The molecule has 0 amide bonds. The van der Waals surface area contributed by atoms with Gasteiger partial charge >= 0.3 is 6.16 Å². The van der Waals surface area contributed by atoms with Crippen LogP contribution < -0.4 is 4.72 Å². The lowest BCUT2D eigenvalue weighted by Gasteiger charge is -2.51. The van der Waals surface area contributed by atoms with Crippen molar-refractivity contribution in [1.29, 1.82) is 0 Å². The van der Waals surface area contributed by atoms with E-state index < -0.39 is 124 Å². The first-order valence-corrected chi connectivity index (χ1v) is 38.1. The van der Waals surface area contributed by atoms with Crippen molar-refractivity contribution in [2.24, 2.45) is 0 Å². The summed E-state index contributed by atoms with van der Waals surface area (Å²) in [5.41, 5.74) is 2.98. The van der Waals surface area contributed by atoms with Crippen LogP contribution in [0.5, 0.6) is 0 Å². The number of ether oxygens (including phenoxy) is 10. The van der Waals surface area contributed by atoms with Gasteiger partial charge in [0, 0.05) is 0 Å². The van der Waals surface area contributed by atoms with E-state index in [1.165, 1.54) is 23.9 Å². The van der Waals surface area contributed by atoms with Gasteiger partial charge in [-0.2, -0.15) is 0 Å². The number of carbonyl (C=O) groups is 1. The molecule has 4 aliphatic heterocycles. The Morgan fingerprint density at radius 2 is 0.943 bits per heavy atom. The van der Waals surface area contributed by atoms with Crippen LogP contribution in [-0.4, -0.2) is 146 Å². The summed E-state index contributed by atoms with van der Waals surface area (Å²) in [6.07, 6.45) is -15.7. The Bertz CT molecular complexity index is 2780. The summed E-state index contributed by atoms with van der Waals surface area (Å²) in [5, 5.41) is 13.1. The van der Waals surface area contributed by atoms with Crippen molar-refractivity contribution in [3.63, 3.8) is 0 Å². The Kier molecular flexibility index (Phi) is 24.8. The first-order chi connectivity index (χ1) is 41.5. The van der Waals surface area contributed by atoms with Gasteiger partial charge in [-0.15, -0.1) is 11.8 Å². The first kappa shape index (κ1) is 69.3. The summed E-state index contributed by atoms with van der Waals surface area (Å²) in [5.74, 6) is 0.508. The van der Waals surface area contributed by atoms with Crippen LogP contribution in [-0.2, 0) is 86.1 Å². The average Bonchev–Trinajstić information content (AvgIpc) is 1.84. The van der Waals surface area contributed by atoms with Crippen LogP contribution in [0.2, 0.25) is 33.2 Å². The second kappa shape index (κ2) is 31.1. The minimum Gasteiger partial charge on any atom is -0.424 e. The summed E-state index contributed by atoms with van der Waals surface area (Å²) in [6.45, 7) is 30.6. The molecule has 17 nitrogen and oxygen atoms in total. The van der Waals surface area contributed by atoms with Crippen LogP contribution in [0.4, 0.5) is 4.79 Å². The molecule has 0 radical (unpaired) electrons. The van der Waals surface area contributed by atoms with Crippen molar-refractivity contribution in [2.75, 3.05) is 19.0 Å². The van der Waals surface area contributed by atoms with Gasteiger partial charge in [0.1, 0.15) is 48.2 Å². The second-order valence-corrected chi connectivity index (χ2v) is 39.4. The Balaban J connectivity index is 1.25. The van der Waals surface area contributed by atoms with Crippen molar-refractivity contribution in [2.45, 2.75) is 246 Å². The Hall–Kier alpha value is -3.60. The van der Waals surface area contributed by atoms with E-state index in [2.05, 4.69) is 87.8 Å². The standard InChI is InChI=1S/C66H97NO16S2Si2/c1-15-84-65-54(67-85(70,71)51-34-26-19-27-35-51)58(55(68)52(79-65)39-75-86(41(2)3,42(4)5)43(6)7)80-64-62(60-57(82-66(69)83-60)53(78-64)40-76-87(44(8)9,45(10)11)46(12)13)81-63-61(74-38-50-32-24-18-25-33-50)59(73-37-49-30-22-17-23-31-49)56(47(14)77-63)72-36-48-28-20-16-21-29-48/h16-35,41-47,52-65,67-68H,15,36-40H2,1-14H3/t47?,52?,53?,54?,55-,56-,57-,58?,59?,60?,61?,62?,63-,64-,65-/m0/s1. The van der Waals surface area contributed by atoms with Crippen molar-refractivity contribution in [3.05, 3.63) is 138 Å². The molecule has 0 bridgehead atoms. The summed E-state index contributed by atoms with van der Waals surface area (Å²) in [4.78, 5) is 13.9. The van der Waals surface area contributed by atoms with E-state index in [-0.39, 0.29) is 71.2 Å². The summed E-state index contributed by atoms with van der Waals surface area (Å²) in [6, 6.07) is 36.2. The summed E-state index contributed by atoms with van der Waals surface area (Å²) >= 11 is 1.37. The molecule has 4 fully saturated rings. The van der Waals surface area contributed by atoms with Crippen molar-refractivity contribution in [1.82, 2.24) is 4.72 Å². The number of carbonyl (C=O) groups excluding carboxylic acids is 1. The fourth-order valence-electron chi connectivity index (χ4n) is 14.0. The Morgan fingerprint density at radius 3 is 1.41 bits per heavy atom. The van der Waals surface area contributed by atoms with Crippen LogP contribution in [0, 0.1) is 0 Å². The number of hydrogen-bond acceptors (Lipinski definition) is 17. The van der Waals surface area contributed by atoms with E-state index in [0.717, 1.165) is 16.7 Å². The molecule has 4 aromatic rings. The molecular formula is C66H97NO16S2Si2. The van der Waals surface area contributed by atoms with Gasteiger partial charge in [-0.1, -0.05) is 199 Å². The van der Waals surface area contributed by atoms with Gasteiger partial charge in [0.25, 0.3) is 0 Å². The number of thioether (sulfide) groups is 1. The molecule has 4 aromatic carbocycles. The van der Waals surface area contributed by atoms with Gasteiger partial charge in [0.2, 0.25) is 10.0 Å². The first-order valence-electron chi connectivity index (χ1n) is 31.3. The van der Waals surface area contributed by atoms with E-state index in [9.17, 15) is 18.3 Å². The molecule has 4 saturated heterocycles.